The topological polar surface area (TPSA) is 90.7 Å². The molecule has 0 aliphatic carbocycles. The SMILES string of the molecule is COc1ccccc1NC(=O)COC(=O)c1c(-c2ccccc2Cl)noc1C. The average molecular weight is 401 g/mol. The minimum atomic E-state index is -0.733. The molecule has 3 rings (SSSR count). The minimum absolute atomic E-state index is 0.123. The monoisotopic (exact) mass is 400 g/mol. The molecular formula is C20H17ClN2O5. The summed E-state index contributed by atoms with van der Waals surface area (Å²) in [4.78, 5) is 24.7. The number of hydrogen-bond acceptors (Lipinski definition) is 6. The molecule has 144 valence electrons. The zero-order chi connectivity index (χ0) is 20.1. The van der Waals surface area contributed by atoms with Crippen LogP contribution in [-0.4, -0.2) is 30.7 Å². The zero-order valence-electron chi connectivity index (χ0n) is 15.2. The number of nitrogens with one attached hydrogen (secondary N) is 1. The molecule has 0 aliphatic heterocycles. The van der Waals surface area contributed by atoms with Gasteiger partial charge in [-0.05, 0) is 25.1 Å². The number of rotatable bonds is 6. The number of ether oxygens (including phenoxy) is 2. The van der Waals surface area contributed by atoms with Crippen LogP contribution in [0.5, 0.6) is 5.75 Å². The number of halogens is 1. The van der Waals surface area contributed by atoms with Crippen LogP contribution in [0.1, 0.15) is 16.1 Å². The Morgan fingerprint density at radius 3 is 2.61 bits per heavy atom. The number of aryl methyl sites for hydroxylation is 1. The molecule has 2 aromatic carbocycles. The highest BCUT2D eigenvalue weighted by molar-refractivity contribution is 6.33. The molecule has 28 heavy (non-hydrogen) atoms. The fourth-order valence-corrected chi connectivity index (χ4v) is 2.81. The quantitative estimate of drug-likeness (QED) is 0.626. The van der Waals surface area contributed by atoms with E-state index in [-0.39, 0.29) is 17.0 Å². The zero-order valence-corrected chi connectivity index (χ0v) is 15.9. The van der Waals surface area contributed by atoms with Crippen LogP contribution in [0.4, 0.5) is 5.69 Å². The van der Waals surface area contributed by atoms with Crippen LogP contribution >= 0.6 is 11.6 Å². The van der Waals surface area contributed by atoms with Gasteiger partial charge in [0.05, 0.1) is 17.8 Å². The van der Waals surface area contributed by atoms with Gasteiger partial charge >= 0.3 is 5.97 Å². The van der Waals surface area contributed by atoms with E-state index >= 15 is 0 Å². The Kier molecular flexibility index (Phi) is 5.96. The van der Waals surface area contributed by atoms with Crippen molar-refractivity contribution in [2.75, 3.05) is 19.0 Å². The fraction of sp³-hybridized carbons (Fsp3) is 0.150. The summed E-state index contributed by atoms with van der Waals surface area (Å²) in [7, 11) is 1.50. The maximum absolute atomic E-state index is 12.5. The van der Waals surface area contributed by atoms with Gasteiger partial charge in [0.15, 0.2) is 6.61 Å². The lowest BCUT2D eigenvalue weighted by Crippen LogP contribution is -2.21. The highest BCUT2D eigenvalue weighted by Gasteiger charge is 2.25. The lowest BCUT2D eigenvalue weighted by atomic mass is 10.1. The molecule has 1 heterocycles. The number of aromatic nitrogens is 1. The second-order valence-electron chi connectivity index (χ2n) is 5.77. The van der Waals surface area contributed by atoms with E-state index in [1.54, 1.807) is 55.5 Å². The van der Waals surface area contributed by atoms with Gasteiger partial charge in [-0.25, -0.2) is 4.79 Å². The lowest BCUT2D eigenvalue weighted by molar-refractivity contribution is -0.119. The molecule has 0 saturated carbocycles. The fourth-order valence-electron chi connectivity index (χ4n) is 2.59. The molecule has 0 unspecified atom stereocenters. The Bertz CT molecular complexity index is 1020. The first-order valence-electron chi connectivity index (χ1n) is 8.32. The third-order valence-corrected chi connectivity index (χ3v) is 4.24. The molecule has 0 bridgehead atoms. The summed E-state index contributed by atoms with van der Waals surface area (Å²) in [6, 6.07) is 13.8. The van der Waals surface area contributed by atoms with Crippen LogP contribution in [0.25, 0.3) is 11.3 Å². The summed E-state index contributed by atoms with van der Waals surface area (Å²) < 4.78 is 15.4. The minimum Gasteiger partial charge on any atom is -0.495 e. The molecule has 3 aromatic rings. The van der Waals surface area contributed by atoms with E-state index in [9.17, 15) is 9.59 Å². The smallest absolute Gasteiger partial charge is 0.344 e. The van der Waals surface area contributed by atoms with Crippen LogP contribution in [0.3, 0.4) is 0 Å². The molecule has 8 heteroatoms. The molecule has 0 spiro atoms. The van der Waals surface area contributed by atoms with Crippen molar-refractivity contribution in [3.05, 3.63) is 64.9 Å². The molecule has 1 aromatic heterocycles. The number of hydrogen-bond donors (Lipinski definition) is 1. The van der Waals surface area contributed by atoms with Crippen molar-refractivity contribution in [3.63, 3.8) is 0 Å². The summed E-state index contributed by atoms with van der Waals surface area (Å²) in [5, 5.41) is 6.95. The summed E-state index contributed by atoms with van der Waals surface area (Å²) in [5.74, 6) is -0.474. The number of methoxy groups -OCH3 is 1. The van der Waals surface area contributed by atoms with Crippen molar-refractivity contribution in [3.8, 4) is 17.0 Å². The molecule has 0 fully saturated rings. The largest absolute Gasteiger partial charge is 0.495 e. The highest BCUT2D eigenvalue weighted by Crippen LogP contribution is 2.31. The number of esters is 1. The Labute approximate surface area is 166 Å². The Morgan fingerprint density at radius 2 is 1.86 bits per heavy atom. The van der Waals surface area contributed by atoms with Gasteiger partial charge in [-0.15, -0.1) is 0 Å². The molecule has 0 atom stereocenters. The Balaban J connectivity index is 1.71. The van der Waals surface area contributed by atoms with E-state index in [4.69, 9.17) is 25.6 Å². The standard InChI is InChI=1S/C20H17ClN2O5/c1-12-18(19(23-28-12)13-7-3-4-8-14(13)21)20(25)27-11-17(24)22-15-9-5-6-10-16(15)26-2/h3-10H,11H2,1-2H3,(H,22,24). The predicted octanol–water partition coefficient (Wildman–Crippen LogP) is 4.11. The maximum Gasteiger partial charge on any atom is 0.344 e. The van der Waals surface area contributed by atoms with Gasteiger partial charge in [-0.2, -0.15) is 0 Å². The van der Waals surface area contributed by atoms with Crippen molar-refractivity contribution in [2.45, 2.75) is 6.92 Å². The lowest BCUT2D eigenvalue weighted by Gasteiger charge is -2.10. The molecule has 0 saturated heterocycles. The first-order chi connectivity index (χ1) is 13.5. The number of amides is 1. The van der Waals surface area contributed by atoms with Gasteiger partial charge in [0, 0.05) is 5.56 Å². The molecule has 1 amide bonds. The van der Waals surface area contributed by atoms with Crippen molar-refractivity contribution < 1.29 is 23.6 Å². The third kappa shape index (κ3) is 4.15. The van der Waals surface area contributed by atoms with Crippen LogP contribution in [-0.2, 0) is 9.53 Å². The summed E-state index contributed by atoms with van der Waals surface area (Å²) in [6.07, 6.45) is 0. The summed E-state index contributed by atoms with van der Waals surface area (Å²) >= 11 is 6.18. The van der Waals surface area contributed by atoms with Gasteiger partial charge in [0.1, 0.15) is 22.8 Å². The number of carbonyl (C=O) groups is 2. The molecular weight excluding hydrogens is 384 g/mol. The van der Waals surface area contributed by atoms with Crippen LogP contribution in [0, 0.1) is 6.92 Å². The van der Waals surface area contributed by atoms with Crippen molar-refractivity contribution >= 4 is 29.2 Å². The third-order valence-electron chi connectivity index (χ3n) is 3.91. The number of benzene rings is 2. The van der Waals surface area contributed by atoms with Gasteiger partial charge < -0.3 is 19.3 Å². The van der Waals surface area contributed by atoms with Gasteiger partial charge in [-0.1, -0.05) is 47.1 Å². The number of carbonyl (C=O) groups excluding carboxylic acids is 2. The second-order valence-corrected chi connectivity index (χ2v) is 6.17. The van der Waals surface area contributed by atoms with Gasteiger partial charge in [0.25, 0.3) is 5.91 Å². The Hall–Kier alpha value is -3.32. The van der Waals surface area contributed by atoms with Crippen LogP contribution in [0.2, 0.25) is 5.02 Å². The average Bonchev–Trinajstić information content (AvgIpc) is 3.08. The molecule has 0 aliphatic rings. The first kappa shape index (κ1) is 19.4. The van der Waals surface area contributed by atoms with E-state index < -0.39 is 18.5 Å². The molecule has 1 N–H and O–H groups in total. The van der Waals surface area contributed by atoms with Gasteiger partial charge in [-0.3, -0.25) is 4.79 Å². The van der Waals surface area contributed by atoms with Crippen molar-refractivity contribution in [1.82, 2.24) is 5.16 Å². The van der Waals surface area contributed by atoms with E-state index in [1.807, 2.05) is 0 Å². The molecule has 7 nitrogen and oxygen atoms in total. The van der Waals surface area contributed by atoms with E-state index in [2.05, 4.69) is 10.5 Å². The van der Waals surface area contributed by atoms with Crippen LogP contribution < -0.4 is 10.1 Å². The van der Waals surface area contributed by atoms with Gasteiger partial charge in [0.2, 0.25) is 0 Å². The summed E-state index contributed by atoms with van der Waals surface area (Å²) in [6.45, 7) is 1.10. The number of para-hydroxylation sites is 2. The number of nitrogens with zero attached hydrogens (tertiary/aromatic N) is 1. The highest BCUT2D eigenvalue weighted by atomic mass is 35.5. The van der Waals surface area contributed by atoms with E-state index in [0.29, 0.717) is 22.0 Å². The Morgan fingerprint density at radius 1 is 1.14 bits per heavy atom. The van der Waals surface area contributed by atoms with Crippen LogP contribution in [0.15, 0.2) is 53.1 Å². The predicted molar refractivity (Wildman–Crippen MR) is 104 cm³/mol. The summed E-state index contributed by atoms with van der Waals surface area (Å²) in [5.41, 5.74) is 1.40. The molecule has 0 radical (unpaired) electrons. The van der Waals surface area contributed by atoms with Crippen molar-refractivity contribution in [2.24, 2.45) is 0 Å². The van der Waals surface area contributed by atoms with E-state index in [1.165, 1.54) is 7.11 Å². The normalized spacial score (nSPS) is 10.4. The number of anilines is 1. The second kappa shape index (κ2) is 8.58. The maximum atomic E-state index is 12.5. The van der Waals surface area contributed by atoms with Crippen molar-refractivity contribution in [1.29, 1.82) is 0 Å². The van der Waals surface area contributed by atoms with E-state index in [0.717, 1.165) is 0 Å². The first-order valence-corrected chi connectivity index (χ1v) is 8.70.